The van der Waals surface area contributed by atoms with E-state index < -0.39 is 0 Å². The molecular weight excluding hydrogens is 315 g/mol. The van der Waals surface area contributed by atoms with Gasteiger partial charge in [-0.2, -0.15) is 0 Å². The van der Waals surface area contributed by atoms with Crippen LogP contribution in [-0.2, 0) is 0 Å². The van der Waals surface area contributed by atoms with Gasteiger partial charge < -0.3 is 10.2 Å². The molecule has 5 heteroatoms. The average Bonchev–Trinajstić information content (AvgIpc) is 2.66. The first-order valence-corrected chi connectivity index (χ1v) is 5.73. The van der Waals surface area contributed by atoms with Gasteiger partial charge in [-0.25, -0.2) is 0 Å². The largest absolute Gasteiger partial charge is 0.355 e. The number of hydrogen-bond acceptors (Lipinski definition) is 4. The van der Waals surface area contributed by atoms with Gasteiger partial charge in [0.2, 0.25) is 0 Å². The molecule has 0 amide bonds. The van der Waals surface area contributed by atoms with E-state index in [4.69, 9.17) is 0 Å². The summed E-state index contributed by atoms with van der Waals surface area (Å²) in [6.45, 7) is 6.39. The van der Waals surface area contributed by atoms with E-state index in [0.29, 0.717) is 0 Å². The Morgan fingerprint density at radius 2 is 2.25 bits per heavy atom. The lowest BCUT2D eigenvalue weighted by Gasteiger charge is -2.24. The molecule has 1 N–H and O–H groups in total. The molecule has 2 aliphatic heterocycles. The van der Waals surface area contributed by atoms with Gasteiger partial charge in [0.15, 0.2) is 5.96 Å². The van der Waals surface area contributed by atoms with E-state index in [1.807, 2.05) is 0 Å². The zero-order valence-electron chi connectivity index (χ0n) is 9.85. The summed E-state index contributed by atoms with van der Waals surface area (Å²) in [5, 5.41) is 3.39. The molecule has 2 rings (SSSR count). The van der Waals surface area contributed by atoms with E-state index in [1.54, 1.807) is 0 Å². The predicted molar refractivity (Wildman–Crippen MR) is 78.5 cm³/mol. The maximum absolute atomic E-state index is 4.40. The normalized spacial score (nSPS) is 20.6. The molecule has 0 spiro atoms. The van der Waals surface area contributed by atoms with Gasteiger partial charge in [0.1, 0.15) is 0 Å². The smallest absolute Gasteiger partial charge is 0.193 e. The molecule has 2 heterocycles. The third-order valence-electron chi connectivity index (χ3n) is 2.91. The van der Waals surface area contributed by atoms with Crippen LogP contribution < -0.4 is 5.32 Å². The topological polar surface area (TPSA) is 30.9 Å². The van der Waals surface area contributed by atoms with Crippen LogP contribution in [0.1, 0.15) is 6.42 Å². The summed E-state index contributed by atoms with van der Waals surface area (Å²) in [5.41, 5.74) is 0. The molecule has 0 atom stereocenters. The van der Waals surface area contributed by atoms with Crippen molar-refractivity contribution in [1.82, 2.24) is 15.1 Å². The first-order chi connectivity index (χ1) is 7.36. The Labute approximate surface area is 115 Å². The maximum Gasteiger partial charge on any atom is 0.193 e. The van der Waals surface area contributed by atoms with Gasteiger partial charge in [-0.1, -0.05) is 12.2 Å². The lowest BCUT2D eigenvalue weighted by molar-refractivity contribution is 0.302. The summed E-state index contributed by atoms with van der Waals surface area (Å²) in [7, 11) is 2.09. The Kier molecular flexibility index (Phi) is 6.12. The van der Waals surface area contributed by atoms with Crippen LogP contribution in [0.25, 0.3) is 0 Å². The highest BCUT2D eigenvalue weighted by Gasteiger charge is 2.11. The van der Waals surface area contributed by atoms with Crippen LogP contribution in [0, 0.1) is 0 Å². The number of halogens is 1. The Bertz CT molecular complexity index is 265. The van der Waals surface area contributed by atoms with E-state index >= 15 is 0 Å². The molecule has 0 saturated heterocycles. The maximum atomic E-state index is 4.40. The molecular formula is C11H21IN4. The second kappa shape index (κ2) is 7.11. The second-order valence-electron chi connectivity index (χ2n) is 4.11. The molecule has 0 bridgehead atoms. The highest BCUT2D eigenvalue weighted by atomic mass is 127. The van der Waals surface area contributed by atoms with Crippen molar-refractivity contribution in [1.29, 1.82) is 0 Å². The molecule has 4 nitrogen and oxygen atoms in total. The van der Waals surface area contributed by atoms with Crippen molar-refractivity contribution in [3.05, 3.63) is 12.2 Å². The minimum absolute atomic E-state index is 0. The van der Waals surface area contributed by atoms with E-state index in [9.17, 15) is 0 Å². The predicted octanol–water partition coefficient (Wildman–Crippen LogP) is 0.757. The Hall–Kier alpha value is -0.300. The van der Waals surface area contributed by atoms with Gasteiger partial charge in [0.05, 0.1) is 6.54 Å². The summed E-state index contributed by atoms with van der Waals surface area (Å²) < 4.78 is 0. The first kappa shape index (κ1) is 13.8. The molecule has 0 saturated carbocycles. The van der Waals surface area contributed by atoms with Gasteiger partial charge in [0, 0.05) is 39.8 Å². The van der Waals surface area contributed by atoms with Crippen molar-refractivity contribution >= 4 is 29.9 Å². The fourth-order valence-corrected chi connectivity index (χ4v) is 1.94. The van der Waals surface area contributed by atoms with Gasteiger partial charge in [-0.3, -0.25) is 9.89 Å². The third kappa shape index (κ3) is 3.93. The van der Waals surface area contributed by atoms with Crippen molar-refractivity contribution in [3.8, 4) is 0 Å². The number of likely N-dealkylation sites (N-methyl/N-ethyl adjacent to an activating group) is 1. The molecule has 0 aromatic heterocycles. The van der Waals surface area contributed by atoms with Crippen molar-refractivity contribution < 1.29 is 0 Å². The summed E-state index contributed by atoms with van der Waals surface area (Å²) in [4.78, 5) is 9.04. The van der Waals surface area contributed by atoms with Gasteiger partial charge in [0.25, 0.3) is 0 Å². The summed E-state index contributed by atoms with van der Waals surface area (Å²) >= 11 is 0. The van der Waals surface area contributed by atoms with Crippen molar-refractivity contribution in [3.63, 3.8) is 0 Å². The molecule has 0 fully saturated rings. The Morgan fingerprint density at radius 3 is 2.88 bits per heavy atom. The number of rotatable bonds is 3. The van der Waals surface area contributed by atoms with Crippen LogP contribution in [-0.4, -0.2) is 62.1 Å². The van der Waals surface area contributed by atoms with Crippen LogP contribution in [0.3, 0.4) is 0 Å². The molecule has 0 aliphatic carbocycles. The summed E-state index contributed by atoms with van der Waals surface area (Å²) in [5.74, 6) is 1.06. The zero-order valence-corrected chi connectivity index (χ0v) is 12.2. The zero-order chi connectivity index (χ0) is 10.5. The Morgan fingerprint density at radius 1 is 1.38 bits per heavy atom. The standard InChI is InChI=1S/C11H20N4.HI/c1-14-9-5-12-11(14)13-6-10-15-7-3-2-4-8-15;/h2-3H,4-10H2,1H3,(H,12,13);1H. The van der Waals surface area contributed by atoms with E-state index in [1.165, 1.54) is 13.0 Å². The Balaban J connectivity index is 0.00000128. The fourth-order valence-electron chi connectivity index (χ4n) is 1.94. The number of hydrogen-bond donors (Lipinski definition) is 1. The number of guanidine groups is 1. The van der Waals surface area contributed by atoms with Gasteiger partial charge in [-0.05, 0) is 6.42 Å². The SMILES string of the molecule is CN1CCN=C1NCCN1CC=CCC1.I. The number of aliphatic imine (C=N–C) groups is 1. The second-order valence-corrected chi connectivity index (χ2v) is 4.11. The highest BCUT2D eigenvalue weighted by molar-refractivity contribution is 14.0. The van der Waals surface area contributed by atoms with Gasteiger partial charge >= 0.3 is 0 Å². The van der Waals surface area contributed by atoms with Crippen molar-refractivity contribution in [2.45, 2.75) is 6.42 Å². The monoisotopic (exact) mass is 336 g/mol. The third-order valence-corrected chi connectivity index (χ3v) is 2.91. The van der Waals surface area contributed by atoms with Crippen LogP contribution in [0.4, 0.5) is 0 Å². The van der Waals surface area contributed by atoms with Crippen LogP contribution >= 0.6 is 24.0 Å². The summed E-state index contributed by atoms with van der Waals surface area (Å²) in [6.07, 6.45) is 5.71. The molecule has 0 aromatic carbocycles. The lowest BCUT2D eigenvalue weighted by Crippen LogP contribution is -2.41. The highest BCUT2D eigenvalue weighted by Crippen LogP contribution is 2.00. The van der Waals surface area contributed by atoms with E-state index in [2.05, 4.69) is 39.3 Å². The molecule has 92 valence electrons. The molecule has 16 heavy (non-hydrogen) atoms. The molecule has 2 aliphatic rings. The van der Waals surface area contributed by atoms with Crippen LogP contribution in [0.5, 0.6) is 0 Å². The molecule has 0 radical (unpaired) electrons. The summed E-state index contributed by atoms with van der Waals surface area (Å²) in [6, 6.07) is 0. The fraction of sp³-hybridized carbons (Fsp3) is 0.727. The van der Waals surface area contributed by atoms with Crippen molar-refractivity contribution in [2.75, 3.05) is 46.3 Å². The minimum atomic E-state index is 0. The van der Waals surface area contributed by atoms with E-state index in [0.717, 1.165) is 38.7 Å². The molecule has 0 aromatic rings. The van der Waals surface area contributed by atoms with E-state index in [-0.39, 0.29) is 24.0 Å². The quantitative estimate of drug-likeness (QED) is 0.610. The van der Waals surface area contributed by atoms with Gasteiger partial charge in [-0.15, -0.1) is 24.0 Å². The van der Waals surface area contributed by atoms with Crippen LogP contribution in [0.15, 0.2) is 17.1 Å². The van der Waals surface area contributed by atoms with Crippen molar-refractivity contribution in [2.24, 2.45) is 4.99 Å². The first-order valence-electron chi connectivity index (χ1n) is 5.73. The number of nitrogens with zero attached hydrogens (tertiary/aromatic N) is 3. The minimum Gasteiger partial charge on any atom is -0.355 e. The average molecular weight is 336 g/mol. The number of nitrogens with one attached hydrogen (secondary N) is 1. The lowest BCUT2D eigenvalue weighted by atomic mass is 10.2. The molecule has 0 unspecified atom stereocenters. The van der Waals surface area contributed by atoms with Crippen LogP contribution in [0.2, 0.25) is 0 Å².